The number of aromatic amines is 1. The van der Waals surface area contributed by atoms with Crippen molar-refractivity contribution in [3.8, 4) is 11.3 Å². The van der Waals surface area contributed by atoms with E-state index in [-0.39, 0.29) is 0 Å². The molecule has 5 heteroatoms. The monoisotopic (exact) mass is 337 g/mol. The van der Waals surface area contributed by atoms with Gasteiger partial charge in [-0.2, -0.15) is 0 Å². The summed E-state index contributed by atoms with van der Waals surface area (Å²) in [6.07, 6.45) is 3.26. The lowest BCUT2D eigenvalue weighted by Crippen LogP contribution is -2.04. The molecule has 3 rings (SSSR count). The number of aryl methyl sites for hydroxylation is 1. The van der Waals surface area contributed by atoms with E-state index in [2.05, 4.69) is 44.1 Å². The number of rotatable bonds is 3. The normalized spacial score (nSPS) is 14.4. The third-order valence-electron chi connectivity index (χ3n) is 3.33. The second-order valence-electron chi connectivity index (χ2n) is 4.67. The molecule has 3 nitrogen and oxygen atoms in total. The van der Waals surface area contributed by atoms with E-state index in [0.717, 1.165) is 22.5 Å². The topological polar surface area (TPSA) is 54.7 Å². The van der Waals surface area contributed by atoms with Gasteiger partial charge in [0, 0.05) is 22.6 Å². The first-order valence-electron chi connectivity index (χ1n) is 6.48. The van der Waals surface area contributed by atoms with Gasteiger partial charge in [0.1, 0.15) is 0 Å². The molecule has 0 atom stereocenters. The molecular weight excluding hydrogens is 322 g/mol. The maximum absolute atomic E-state index is 5.66. The highest BCUT2D eigenvalue weighted by Gasteiger charge is 2.14. The van der Waals surface area contributed by atoms with Crippen molar-refractivity contribution in [3.05, 3.63) is 34.2 Å². The van der Waals surface area contributed by atoms with Crippen LogP contribution in [-0.4, -0.2) is 22.3 Å². The van der Waals surface area contributed by atoms with Crippen molar-refractivity contribution in [1.82, 2.24) is 9.97 Å². The van der Waals surface area contributed by atoms with Crippen molar-refractivity contribution < 1.29 is 0 Å². The number of nitrogens with zero attached hydrogens (tertiary/aromatic N) is 1. The summed E-state index contributed by atoms with van der Waals surface area (Å²) >= 11 is 5.37. The lowest BCUT2D eigenvalue weighted by Gasteiger charge is -2.15. The van der Waals surface area contributed by atoms with E-state index in [1.165, 1.54) is 34.6 Å². The maximum Gasteiger partial charge on any atom is 0.175 e. The molecule has 0 aliphatic carbocycles. The van der Waals surface area contributed by atoms with Crippen LogP contribution in [0.1, 0.15) is 17.7 Å². The van der Waals surface area contributed by atoms with Crippen LogP contribution in [-0.2, 0) is 12.8 Å². The van der Waals surface area contributed by atoms with E-state index in [4.69, 9.17) is 5.73 Å². The zero-order valence-corrected chi connectivity index (χ0v) is 13.0. The predicted molar refractivity (Wildman–Crippen MR) is 83.5 cm³/mol. The first kappa shape index (κ1) is 13.2. The molecule has 19 heavy (non-hydrogen) atoms. The molecule has 2 heterocycles. The summed E-state index contributed by atoms with van der Waals surface area (Å²) in [5.41, 5.74) is 10.4. The number of imidazole rings is 1. The first-order valence-corrected chi connectivity index (χ1v) is 8.26. The molecule has 0 bridgehead atoms. The summed E-state index contributed by atoms with van der Waals surface area (Å²) < 4.78 is 0.776. The molecule has 100 valence electrons. The second-order valence-corrected chi connectivity index (χ2v) is 6.56. The van der Waals surface area contributed by atoms with Gasteiger partial charge >= 0.3 is 0 Å². The highest BCUT2D eigenvalue weighted by atomic mass is 79.9. The average Bonchev–Trinajstić information content (AvgIpc) is 2.80. The lowest BCUT2D eigenvalue weighted by atomic mass is 10.0. The van der Waals surface area contributed by atoms with Crippen LogP contribution >= 0.6 is 27.7 Å². The molecule has 0 saturated heterocycles. The van der Waals surface area contributed by atoms with E-state index in [9.17, 15) is 0 Å². The van der Waals surface area contributed by atoms with Gasteiger partial charge in [-0.15, -0.1) is 11.8 Å². The molecule has 0 amide bonds. The van der Waals surface area contributed by atoms with E-state index >= 15 is 0 Å². The molecule has 2 aromatic rings. The smallest absolute Gasteiger partial charge is 0.175 e. The third kappa shape index (κ3) is 2.73. The fourth-order valence-electron chi connectivity index (χ4n) is 2.45. The van der Waals surface area contributed by atoms with Gasteiger partial charge in [-0.25, -0.2) is 4.98 Å². The van der Waals surface area contributed by atoms with Crippen molar-refractivity contribution in [1.29, 1.82) is 0 Å². The Morgan fingerprint density at radius 3 is 3.16 bits per heavy atom. The fourth-order valence-corrected chi connectivity index (χ4v) is 3.88. The van der Waals surface area contributed by atoms with Gasteiger partial charge in [0.2, 0.25) is 0 Å². The van der Waals surface area contributed by atoms with Crippen LogP contribution in [0.2, 0.25) is 0 Å². The number of nitrogens with two attached hydrogens (primary N) is 1. The molecule has 0 spiro atoms. The summed E-state index contributed by atoms with van der Waals surface area (Å²) in [7, 11) is 0. The van der Waals surface area contributed by atoms with Crippen molar-refractivity contribution in [2.45, 2.75) is 24.2 Å². The molecule has 0 fully saturated rings. The summed E-state index contributed by atoms with van der Waals surface area (Å²) in [6, 6.07) is 6.67. The van der Waals surface area contributed by atoms with Crippen LogP contribution in [0, 0.1) is 0 Å². The standard InChI is InChI=1S/C14H16BrN3S/c15-14-17-11(5-6-16)13(18-14)10-3-4-12-9(8-10)2-1-7-19-12/h3-4,8H,1-2,5-7,16H2,(H,17,18). The Kier molecular flexibility index (Phi) is 3.96. The van der Waals surface area contributed by atoms with Crippen LogP contribution in [0.3, 0.4) is 0 Å². The minimum atomic E-state index is 0.627. The number of benzene rings is 1. The molecule has 1 aromatic heterocycles. The number of nitrogens with one attached hydrogen (secondary N) is 1. The number of thioether (sulfide) groups is 1. The molecule has 1 aliphatic rings. The van der Waals surface area contributed by atoms with Gasteiger partial charge in [0.25, 0.3) is 0 Å². The minimum Gasteiger partial charge on any atom is -0.336 e. The molecule has 1 aromatic carbocycles. The molecular formula is C14H16BrN3S. The van der Waals surface area contributed by atoms with E-state index in [1.54, 1.807) is 0 Å². The fraction of sp³-hybridized carbons (Fsp3) is 0.357. The Hall–Kier alpha value is -0.780. The minimum absolute atomic E-state index is 0.627. The lowest BCUT2D eigenvalue weighted by molar-refractivity contribution is 0.890. The quantitative estimate of drug-likeness (QED) is 0.902. The summed E-state index contributed by atoms with van der Waals surface area (Å²) in [6.45, 7) is 0.627. The Morgan fingerprint density at radius 1 is 1.42 bits per heavy atom. The van der Waals surface area contributed by atoms with Gasteiger partial charge in [-0.3, -0.25) is 0 Å². The maximum atomic E-state index is 5.66. The number of hydrogen-bond acceptors (Lipinski definition) is 3. The number of hydrogen-bond donors (Lipinski definition) is 2. The van der Waals surface area contributed by atoms with Crippen molar-refractivity contribution in [2.24, 2.45) is 5.73 Å². The van der Waals surface area contributed by atoms with Crippen LogP contribution < -0.4 is 5.73 Å². The zero-order chi connectivity index (χ0) is 13.2. The Labute approximate surface area is 125 Å². The molecule has 0 radical (unpaired) electrons. The third-order valence-corrected chi connectivity index (χ3v) is 4.90. The summed E-state index contributed by atoms with van der Waals surface area (Å²) in [4.78, 5) is 9.21. The van der Waals surface area contributed by atoms with Crippen LogP contribution in [0.5, 0.6) is 0 Å². The second kappa shape index (κ2) is 5.69. The Morgan fingerprint density at radius 2 is 2.32 bits per heavy atom. The highest BCUT2D eigenvalue weighted by molar-refractivity contribution is 9.10. The van der Waals surface area contributed by atoms with E-state index in [0.29, 0.717) is 6.54 Å². The van der Waals surface area contributed by atoms with Crippen molar-refractivity contribution in [2.75, 3.05) is 12.3 Å². The van der Waals surface area contributed by atoms with Gasteiger partial charge < -0.3 is 10.7 Å². The van der Waals surface area contributed by atoms with Gasteiger partial charge in [0.15, 0.2) is 4.73 Å². The van der Waals surface area contributed by atoms with Gasteiger partial charge in [-0.05, 0) is 58.8 Å². The largest absolute Gasteiger partial charge is 0.336 e. The van der Waals surface area contributed by atoms with Crippen LogP contribution in [0.25, 0.3) is 11.3 Å². The van der Waals surface area contributed by atoms with Crippen LogP contribution in [0.4, 0.5) is 0 Å². The van der Waals surface area contributed by atoms with E-state index < -0.39 is 0 Å². The average molecular weight is 338 g/mol. The molecule has 0 saturated carbocycles. The zero-order valence-electron chi connectivity index (χ0n) is 10.6. The summed E-state index contributed by atoms with van der Waals surface area (Å²) in [5.74, 6) is 1.23. The van der Waals surface area contributed by atoms with Gasteiger partial charge in [0.05, 0.1) is 5.69 Å². The van der Waals surface area contributed by atoms with Crippen molar-refractivity contribution in [3.63, 3.8) is 0 Å². The van der Waals surface area contributed by atoms with Crippen LogP contribution in [0.15, 0.2) is 27.8 Å². The predicted octanol–water partition coefficient (Wildman–Crippen LogP) is 3.38. The SMILES string of the molecule is NCCc1[nH]c(Br)nc1-c1ccc2c(c1)CCCS2. The first-order chi connectivity index (χ1) is 9.28. The number of H-pyrrole nitrogens is 1. The number of aromatic nitrogens is 2. The molecule has 1 aliphatic heterocycles. The number of halogens is 1. The summed E-state index contributed by atoms with van der Waals surface area (Å²) in [5, 5.41) is 0. The Bertz CT molecular complexity index is 594. The molecule has 3 N–H and O–H groups in total. The molecule has 0 unspecified atom stereocenters. The highest BCUT2D eigenvalue weighted by Crippen LogP contribution is 2.34. The number of fused-ring (bicyclic) bond motifs is 1. The Balaban J connectivity index is 2.01. The van der Waals surface area contributed by atoms with Gasteiger partial charge in [-0.1, -0.05) is 6.07 Å². The van der Waals surface area contributed by atoms with Crippen molar-refractivity contribution >= 4 is 27.7 Å². The van der Waals surface area contributed by atoms with E-state index in [1.807, 2.05) is 11.8 Å².